The maximum absolute atomic E-state index is 9.63. The number of nitrogens with zero attached hydrogens (tertiary/aromatic N) is 1. The molecule has 0 saturated heterocycles. The zero-order valence-corrected chi connectivity index (χ0v) is 7.99. The van der Waals surface area contributed by atoms with Crippen LogP contribution in [0, 0.1) is 5.41 Å². The standard InChI is InChI=1S/C10H13N3O/c1-2-9-12-8-6-4-3-5-7(8)10(11)13(9)14/h3-6,9,11-12,14H,2H2,1H3. The maximum Gasteiger partial charge on any atom is 0.156 e. The van der Waals surface area contributed by atoms with Crippen molar-refractivity contribution in [2.45, 2.75) is 19.5 Å². The number of hydrogen-bond donors (Lipinski definition) is 3. The number of hydrogen-bond acceptors (Lipinski definition) is 3. The zero-order chi connectivity index (χ0) is 10.1. The van der Waals surface area contributed by atoms with Crippen LogP contribution < -0.4 is 5.32 Å². The summed E-state index contributed by atoms with van der Waals surface area (Å²) in [5.41, 5.74) is 1.65. The van der Waals surface area contributed by atoms with Crippen LogP contribution in [0.3, 0.4) is 0 Å². The van der Waals surface area contributed by atoms with Gasteiger partial charge in [-0.2, -0.15) is 0 Å². The van der Waals surface area contributed by atoms with E-state index in [0.717, 1.165) is 22.7 Å². The molecule has 0 fully saturated rings. The van der Waals surface area contributed by atoms with Gasteiger partial charge in [-0.05, 0) is 18.6 Å². The first-order chi connectivity index (χ1) is 6.74. The quantitative estimate of drug-likeness (QED) is 0.635. The van der Waals surface area contributed by atoms with Crippen LogP contribution in [0.5, 0.6) is 0 Å². The minimum atomic E-state index is -0.197. The molecule has 0 saturated carbocycles. The molecule has 0 spiro atoms. The number of benzene rings is 1. The number of para-hydroxylation sites is 1. The Balaban J connectivity index is 2.42. The average Bonchev–Trinajstić information content (AvgIpc) is 2.23. The highest BCUT2D eigenvalue weighted by atomic mass is 16.5. The second-order valence-electron chi connectivity index (χ2n) is 3.31. The van der Waals surface area contributed by atoms with Crippen molar-refractivity contribution < 1.29 is 5.21 Å². The summed E-state index contributed by atoms with van der Waals surface area (Å²) in [6.45, 7) is 1.96. The van der Waals surface area contributed by atoms with Gasteiger partial charge >= 0.3 is 0 Å². The third-order valence-electron chi connectivity index (χ3n) is 2.42. The fourth-order valence-electron chi connectivity index (χ4n) is 1.61. The van der Waals surface area contributed by atoms with Crippen molar-refractivity contribution in [2.75, 3.05) is 5.32 Å². The number of amidine groups is 1. The first kappa shape index (κ1) is 9.02. The van der Waals surface area contributed by atoms with Crippen molar-refractivity contribution >= 4 is 11.5 Å². The van der Waals surface area contributed by atoms with E-state index >= 15 is 0 Å². The van der Waals surface area contributed by atoms with Gasteiger partial charge in [0.2, 0.25) is 0 Å². The molecule has 0 bridgehead atoms. The number of nitrogens with one attached hydrogen (secondary N) is 2. The fraction of sp³-hybridized carbons (Fsp3) is 0.300. The topological polar surface area (TPSA) is 59.4 Å². The summed E-state index contributed by atoms with van der Waals surface area (Å²) >= 11 is 0. The van der Waals surface area contributed by atoms with Crippen LogP contribution in [0.15, 0.2) is 24.3 Å². The van der Waals surface area contributed by atoms with E-state index in [4.69, 9.17) is 5.41 Å². The van der Waals surface area contributed by atoms with Crippen LogP contribution in [0.4, 0.5) is 5.69 Å². The molecule has 1 aliphatic heterocycles. The molecule has 3 N–H and O–H groups in total. The molecule has 1 aromatic carbocycles. The molecule has 2 rings (SSSR count). The Morgan fingerprint density at radius 2 is 2.21 bits per heavy atom. The van der Waals surface area contributed by atoms with Crippen LogP contribution in [-0.2, 0) is 0 Å². The summed E-state index contributed by atoms with van der Waals surface area (Å²) in [5, 5.41) is 21.5. The number of hydroxylamine groups is 2. The highest BCUT2D eigenvalue weighted by Crippen LogP contribution is 2.24. The van der Waals surface area contributed by atoms with Gasteiger partial charge in [-0.3, -0.25) is 10.6 Å². The Morgan fingerprint density at radius 1 is 1.50 bits per heavy atom. The SMILES string of the molecule is CCC1Nc2ccccc2C(=N)N1O. The first-order valence-corrected chi connectivity index (χ1v) is 4.66. The lowest BCUT2D eigenvalue weighted by Gasteiger charge is -2.34. The monoisotopic (exact) mass is 191 g/mol. The van der Waals surface area contributed by atoms with E-state index in [1.165, 1.54) is 0 Å². The third-order valence-corrected chi connectivity index (χ3v) is 2.42. The molecule has 1 aromatic rings. The van der Waals surface area contributed by atoms with E-state index < -0.39 is 0 Å². The molecule has 0 amide bonds. The minimum Gasteiger partial charge on any atom is -0.363 e. The average molecular weight is 191 g/mol. The molecule has 0 radical (unpaired) electrons. The maximum atomic E-state index is 9.63. The zero-order valence-electron chi connectivity index (χ0n) is 7.99. The highest BCUT2D eigenvalue weighted by Gasteiger charge is 2.26. The van der Waals surface area contributed by atoms with Crippen molar-refractivity contribution in [1.82, 2.24) is 5.06 Å². The van der Waals surface area contributed by atoms with Crippen molar-refractivity contribution in [3.05, 3.63) is 29.8 Å². The van der Waals surface area contributed by atoms with Crippen molar-refractivity contribution in [3.8, 4) is 0 Å². The van der Waals surface area contributed by atoms with E-state index in [1.54, 1.807) is 0 Å². The van der Waals surface area contributed by atoms with Gasteiger partial charge in [-0.15, -0.1) is 0 Å². The Labute approximate surface area is 82.6 Å². The molecular weight excluding hydrogens is 178 g/mol. The molecule has 1 atom stereocenters. The normalized spacial score (nSPS) is 20.3. The van der Waals surface area contributed by atoms with E-state index in [1.807, 2.05) is 31.2 Å². The molecule has 1 unspecified atom stereocenters. The van der Waals surface area contributed by atoms with Crippen molar-refractivity contribution in [3.63, 3.8) is 0 Å². The van der Waals surface area contributed by atoms with Gasteiger partial charge in [0, 0.05) is 11.3 Å². The van der Waals surface area contributed by atoms with E-state index in [-0.39, 0.29) is 12.0 Å². The smallest absolute Gasteiger partial charge is 0.156 e. The lowest BCUT2D eigenvalue weighted by atomic mass is 10.1. The van der Waals surface area contributed by atoms with Crippen molar-refractivity contribution in [1.29, 1.82) is 5.41 Å². The molecule has 4 nitrogen and oxygen atoms in total. The van der Waals surface area contributed by atoms with Crippen LogP contribution in [-0.4, -0.2) is 22.3 Å². The van der Waals surface area contributed by atoms with Gasteiger partial charge in [0.25, 0.3) is 0 Å². The molecule has 1 heterocycles. The Kier molecular flexibility index (Phi) is 2.13. The van der Waals surface area contributed by atoms with Crippen LogP contribution >= 0.6 is 0 Å². The van der Waals surface area contributed by atoms with E-state index in [0.29, 0.717) is 0 Å². The van der Waals surface area contributed by atoms with Crippen LogP contribution in [0.1, 0.15) is 18.9 Å². The van der Waals surface area contributed by atoms with Crippen LogP contribution in [0.2, 0.25) is 0 Å². The molecule has 4 heteroatoms. The van der Waals surface area contributed by atoms with Crippen molar-refractivity contribution in [2.24, 2.45) is 0 Å². The second kappa shape index (κ2) is 3.31. The summed E-state index contributed by atoms with van der Waals surface area (Å²) < 4.78 is 0. The summed E-state index contributed by atoms with van der Waals surface area (Å²) in [7, 11) is 0. The molecule has 1 aliphatic rings. The Hall–Kier alpha value is -1.55. The van der Waals surface area contributed by atoms with Crippen LogP contribution in [0.25, 0.3) is 0 Å². The first-order valence-electron chi connectivity index (χ1n) is 4.66. The van der Waals surface area contributed by atoms with Gasteiger partial charge in [-0.25, -0.2) is 5.06 Å². The lowest BCUT2D eigenvalue weighted by Crippen LogP contribution is -2.46. The van der Waals surface area contributed by atoms with E-state index in [2.05, 4.69) is 5.32 Å². The number of anilines is 1. The molecular formula is C10H13N3O. The number of fused-ring (bicyclic) bond motifs is 1. The summed E-state index contributed by atoms with van der Waals surface area (Å²) in [6, 6.07) is 7.51. The molecule has 0 aromatic heterocycles. The largest absolute Gasteiger partial charge is 0.363 e. The molecule has 0 aliphatic carbocycles. The second-order valence-corrected chi connectivity index (χ2v) is 3.31. The molecule has 14 heavy (non-hydrogen) atoms. The fourth-order valence-corrected chi connectivity index (χ4v) is 1.61. The third kappa shape index (κ3) is 1.24. The predicted octanol–water partition coefficient (Wildman–Crippen LogP) is 1.86. The van der Waals surface area contributed by atoms with Gasteiger partial charge in [0.15, 0.2) is 5.84 Å². The Bertz CT molecular complexity index is 364. The summed E-state index contributed by atoms with van der Waals surface area (Å²) in [5.74, 6) is 0.159. The van der Waals surface area contributed by atoms with Gasteiger partial charge in [0.05, 0.1) is 0 Å². The van der Waals surface area contributed by atoms with Gasteiger partial charge in [0.1, 0.15) is 6.17 Å². The summed E-state index contributed by atoms with van der Waals surface area (Å²) in [4.78, 5) is 0. The molecule has 74 valence electrons. The Morgan fingerprint density at radius 3 is 2.93 bits per heavy atom. The highest BCUT2D eigenvalue weighted by molar-refractivity contribution is 6.02. The number of rotatable bonds is 1. The predicted molar refractivity (Wildman–Crippen MR) is 54.6 cm³/mol. The van der Waals surface area contributed by atoms with E-state index in [9.17, 15) is 5.21 Å². The minimum absolute atomic E-state index is 0.159. The van der Waals surface area contributed by atoms with Gasteiger partial charge in [-0.1, -0.05) is 19.1 Å². The summed E-state index contributed by atoms with van der Waals surface area (Å²) in [6.07, 6.45) is 0.546. The van der Waals surface area contributed by atoms with Gasteiger partial charge < -0.3 is 5.32 Å². The lowest BCUT2D eigenvalue weighted by molar-refractivity contribution is -0.0477.